The van der Waals surface area contributed by atoms with Gasteiger partial charge in [0, 0.05) is 5.75 Å². The van der Waals surface area contributed by atoms with Gasteiger partial charge in [0.25, 0.3) is 0 Å². The molecule has 0 amide bonds. The molecule has 0 aliphatic carbocycles. The molecule has 0 atom stereocenters. The Bertz CT molecular complexity index is 414. The quantitative estimate of drug-likeness (QED) is 0.367. The van der Waals surface area contributed by atoms with E-state index in [1.807, 2.05) is 34.9 Å². The van der Waals surface area contributed by atoms with Crippen LogP contribution >= 0.6 is 11.8 Å². The monoisotopic (exact) mass is 356 g/mol. The SMILES string of the molecule is C=C([B]C)SC/C=C(F)/C(F)=C/C=C/C=C/C.CC.CCN(C)C. The Hall–Kier alpha value is -1.07. The van der Waals surface area contributed by atoms with E-state index < -0.39 is 11.7 Å². The van der Waals surface area contributed by atoms with Crippen LogP contribution in [-0.2, 0) is 0 Å². The van der Waals surface area contributed by atoms with Gasteiger partial charge < -0.3 is 4.90 Å². The maximum absolute atomic E-state index is 13.2. The second-order valence-electron chi connectivity index (χ2n) is 4.44. The van der Waals surface area contributed by atoms with Crippen molar-refractivity contribution in [1.82, 2.24) is 4.90 Å². The van der Waals surface area contributed by atoms with Crippen LogP contribution in [0.3, 0.4) is 0 Å². The van der Waals surface area contributed by atoms with E-state index in [2.05, 4.69) is 32.5 Å². The Balaban J connectivity index is -0.000000534. The Kier molecular flexibility index (Phi) is 25.4. The van der Waals surface area contributed by atoms with Crippen LogP contribution < -0.4 is 0 Å². The summed E-state index contributed by atoms with van der Waals surface area (Å²) in [5, 5.41) is 0. The summed E-state index contributed by atoms with van der Waals surface area (Å²) in [7, 11) is 5.93. The number of rotatable bonds is 8. The fraction of sp³-hybridized carbons (Fsp3) is 0.474. The average Bonchev–Trinajstić information content (AvgIpc) is 2.60. The molecule has 0 aliphatic heterocycles. The molecule has 0 unspecified atom stereocenters. The van der Waals surface area contributed by atoms with Gasteiger partial charge in [0.2, 0.25) is 0 Å². The highest BCUT2D eigenvalue weighted by atomic mass is 32.2. The maximum Gasteiger partial charge on any atom is 0.158 e. The zero-order valence-electron chi connectivity index (χ0n) is 16.3. The third-order valence-electron chi connectivity index (χ3n) is 2.37. The van der Waals surface area contributed by atoms with Crippen molar-refractivity contribution in [1.29, 1.82) is 0 Å². The molecule has 0 aromatic rings. The van der Waals surface area contributed by atoms with E-state index in [9.17, 15) is 8.78 Å². The van der Waals surface area contributed by atoms with Crippen LogP contribution in [0.15, 0.2) is 59.5 Å². The van der Waals surface area contributed by atoms with Crippen LogP contribution in [0.4, 0.5) is 8.78 Å². The van der Waals surface area contributed by atoms with Gasteiger partial charge in [-0.1, -0.05) is 63.3 Å². The lowest BCUT2D eigenvalue weighted by Crippen LogP contribution is -2.08. The number of hydrogen-bond donors (Lipinski definition) is 0. The highest BCUT2D eigenvalue weighted by molar-refractivity contribution is 8.04. The van der Waals surface area contributed by atoms with Gasteiger partial charge in [0.05, 0.1) is 0 Å². The highest BCUT2D eigenvalue weighted by Crippen LogP contribution is 2.17. The second-order valence-corrected chi connectivity index (χ2v) is 5.59. The van der Waals surface area contributed by atoms with Crippen LogP contribution in [0.25, 0.3) is 0 Å². The first-order chi connectivity index (χ1) is 11.4. The molecule has 0 aromatic heterocycles. The van der Waals surface area contributed by atoms with Crippen molar-refractivity contribution >= 4 is 19.0 Å². The van der Waals surface area contributed by atoms with Crippen LogP contribution in [0, 0.1) is 0 Å². The second kappa shape index (κ2) is 21.9. The molecule has 0 aliphatic rings. The molecular weight excluding hydrogens is 323 g/mol. The van der Waals surface area contributed by atoms with Crippen LogP contribution in [0.2, 0.25) is 6.82 Å². The minimum absolute atomic E-state index is 0.370. The van der Waals surface area contributed by atoms with E-state index >= 15 is 0 Å². The van der Waals surface area contributed by atoms with Crippen molar-refractivity contribution in [2.75, 3.05) is 26.4 Å². The summed E-state index contributed by atoms with van der Waals surface area (Å²) in [6, 6.07) is 0. The molecule has 0 rings (SSSR count). The number of allylic oxidation sites excluding steroid dienone is 7. The van der Waals surface area contributed by atoms with E-state index in [0.29, 0.717) is 5.75 Å². The Morgan fingerprint density at radius 2 is 1.67 bits per heavy atom. The first kappa shape index (κ1) is 27.8. The predicted molar refractivity (Wildman–Crippen MR) is 111 cm³/mol. The smallest absolute Gasteiger partial charge is 0.158 e. The largest absolute Gasteiger partial charge is 0.310 e. The number of halogens is 2. The lowest BCUT2D eigenvalue weighted by molar-refractivity contribution is 0.434. The minimum Gasteiger partial charge on any atom is -0.310 e. The van der Waals surface area contributed by atoms with E-state index in [4.69, 9.17) is 0 Å². The van der Waals surface area contributed by atoms with Crippen molar-refractivity contribution < 1.29 is 8.78 Å². The fourth-order valence-electron chi connectivity index (χ4n) is 0.798. The van der Waals surface area contributed by atoms with E-state index in [0.717, 1.165) is 17.4 Å². The summed E-state index contributed by atoms with van der Waals surface area (Å²) < 4.78 is 26.3. The van der Waals surface area contributed by atoms with Gasteiger partial charge in [-0.25, -0.2) is 8.78 Å². The van der Waals surface area contributed by atoms with Crippen molar-refractivity contribution in [3.63, 3.8) is 0 Å². The van der Waals surface area contributed by atoms with E-state index in [1.165, 1.54) is 23.9 Å². The van der Waals surface area contributed by atoms with Crippen LogP contribution in [-0.4, -0.2) is 38.6 Å². The fourth-order valence-corrected chi connectivity index (χ4v) is 1.41. The molecule has 0 bridgehead atoms. The molecule has 0 aromatic carbocycles. The summed E-state index contributed by atoms with van der Waals surface area (Å²) in [5.74, 6) is -1.33. The molecule has 0 saturated heterocycles. The van der Waals surface area contributed by atoms with Crippen molar-refractivity contribution in [3.8, 4) is 0 Å². The summed E-state index contributed by atoms with van der Waals surface area (Å²) in [4.78, 5) is 2.96. The minimum atomic E-state index is -0.863. The van der Waals surface area contributed by atoms with E-state index in [-0.39, 0.29) is 0 Å². The summed E-state index contributed by atoms with van der Waals surface area (Å²) in [6.45, 7) is 14.7. The van der Waals surface area contributed by atoms with Gasteiger partial charge in [-0.15, -0.1) is 11.8 Å². The molecule has 0 saturated carbocycles. The third kappa shape index (κ3) is 23.2. The van der Waals surface area contributed by atoms with Crippen LogP contribution in [0.5, 0.6) is 0 Å². The van der Waals surface area contributed by atoms with Gasteiger partial charge in [0.1, 0.15) is 0 Å². The van der Waals surface area contributed by atoms with Crippen molar-refractivity contribution in [3.05, 3.63) is 59.5 Å². The highest BCUT2D eigenvalue weighted by Gasteiger charge is 2.01. The Labute approximate surface area is 153 Å². The van der Waals surface area contributed by atoms with Gasteiger partial charge in [0.15, 0.2) is 18.9 Å². The molecular formula is C19H33BF2NS. The Morgan fingerprint density at radius 3 is 2.08 bits per heavy atom. The molecule has 24 heavy (non-hydrogen) atoms. The summed E-state index contributed by atoms with van der Waals surface area (Å²) >= 11 is 1.36. The first-order valence-electron chi connectivity index (χ1n) is 8.15. The summed E-state index contributed by atoms with van der Waals surface area (Å²) in [5.41, 5.74) is 0. The third-order valence-corrected chi connectivity index (χ3v) is 3.31. The number of hydrogen-bond acceptors (Lipinski definition) is 2. The van der Waals surface area contributed by atoms with Gasteiger partial charge >= 0.3 is 0 Å². The lowest BCUT2D eigenvalue weighted by atomic mass is 9.83. The van der Waals surface area contributed by atoms with Crippen molar-refractivity contribution in [2.24, 2.45) is 0 Å². The molecule has 0 N–H and O–H groups in total. The standard InChI is InChI=1S/C13H16BF2S.C4H11N.C2H6/c1-4-5-6-7-8-12(15)13(16)9-10-17-11(2)14-3;1-4-5(2)3;1-2/h4-9H,2,10H2,1,3H3;4H2,1-3H3;1-2H3/b5-4+,7-6+,12-8-,13-9-;;. The lowest BCUT2D eigenvalue weighted by Gasteiger charge is -2.00. The molecule has 1 nitrogen and oxygen atoms in total. The molecule has 0 fully saturated rings. The summed E-state index contributed by atoms with van der Waals surface area (Å²) in [6.07, 6.45) is 8.93. The Morgan fingerprint density at radius 1 is 1.12 bits per heavy atom. The first-order valence-corrected chi connectivity index (χ1v) is 9.14. The molecule has 0 spiro atoms. The van der Waals surface area contributed by atoms with E-state index in [1.54, 1.807) is 18.2 Å². The zero-order valence-corrected chi connectivity index (χ0v) is 17.1. The number of thioether (sulfide) groups is 1. The predicted octanol–water partition coefficient (Wildman–Crippen LogP) is 6.38. The van der Waals surface area contributed by atoms with Gasteiger partial charge in [-0.2, -0.15) is 0 Å². The average molecular weight is 356 g/mol. The van der Waals surface area contributed by atoms with Crippen molar-refractivity contribution in [2.45, 2.75) is 34.5 Å². The van der Waals surface area contributed by atoms with Gasteiger partial charge in [-0.3, -0.25) is 0 Å². The molecule has 5 heteroatoms. The topological polar surface area (TPSA) is 3.24 Å². The molecule has 0 heterocycles. The normalized spacial score (nSPS) is 11.9. The molecule has 137 valence electrons. The number of nitrogens with zero attached hydrogens (tertiary/aromatic N) is 1. The van der Waals surface area contributed by atoms with Crippen LogP contribution in [0.1, 0.15) is 27.7 Å². The maximum atomic E-state index is 13.2. The van der Waals surface area contributed by atoms with Gasteiger partial charge in [-0.05, 0) is 39.7 Å². The molecule has 1 radical (unpaired) electrons. The zero-order chi connectivity index (χ0) is 19.4.